The molecule has 0 aliphatic heterocycles. The van der Waals surface area contributed by atoms with E-state index < -0.39 is 30.4 Å². The van der Waals surface area contributed by atoms with Crippen LogP contribution in [0.5, 0.6) is 11.5 Å². The van der Waals surface area contributed by atoms with Crippen molar-refractivity contribution in [3.05, 3.63) is 23.8 Å². The minimum atomic E-state index is -0.971. The highest BCUT2D eigenvalue weighted by molar-refractivity contribution is 5.76. The second kappa shape index (κ2) is 9.12. The minimum absolute atomic E-state index is 0.115. The first kappa shape index (κ1) is 20.6. The summed E-state index contributed by atoms with van der Waals surface area (Å²) in [6.07, 6.45) is -2.46. The molecule has 25 heavy (non-hydrogen) atoms. The largest absolute Gasteiger partial charge is 0.508 e. The van der Waals surface area contributed by atoms with Crippen LogP contribution in [-0.2, 0) is 25.4 Å². The molecule has 1 unspecified atom stereocenters. The smallest absolute Gasteiger partial charge is 0.504 e. The average molecular weight is 355 g/mol. The van der Waals surface area contributed by atoms with Crippen LogP contribution in [-0.4, -0.2) is 46.7 Å². The van der Waals surface area contributed by atoms with Crippen LogP contribution in [0.4, 0.5) is 4.79 Å². The molecule has 0 aliphatic carbocycles. The molecule has 0 aromatic heterocycles. The molecule has 1 aromatic carbocycles. The number of hydrogen-bond acceptors (Lipinski definition) is 8. The fourth-order valence-electron chi connectivity index (χ4n) is 1.87. The van der Waals surface area contributed by atoms with Crippen LogP contribution in [0.2, 0.25) is 0 Å². The predicted molar refractivity (Wildman–Crippen MR) is 89.2 cm³/mol. The number of carbonyl (C=O) groups is 2. The van der Waals surface area contributed by atoms with Crippen molar-refractivity contribution in [1.29, 1.82) is 0 Å². The summed E-state index contributed by atoms with van der Waals surface area (Å²) in [6, 6.07) is 3.20. The first-order chi connectivity index (χ1) is 11.6. The average Bonchev–Trinajstić information content (AvgIpc) is 2.49. The normalized spacial score (nSPS) is 14.5. The molecule has 4 N–H and O–H groups in total. The van der Waals surface area contributed by atoms with Gasteiger partial charge in [0.05, 0.1) is 6.10 Å². The number of phenolic OH excluding ortho intramolecular Hbond substituents is 2. The van der Waals surface area contributed by atoms with Crippen molar-refractivity contribution in [2.45, 2.75) is 58.5 Å². The van der Waals surface area contributed by atoms with Gasteiger partial charge in [0.25, 0.3) is 0 Å². The van der Waals surface area contributed by atoms with Gasteiger partial charge in [-0.05, 0) is 51.8 Å². The Hall–Kier alpha value is -2.48. The maximum atomic E-state index is 12.0. The number of carbonyl (C=O) groups excluding carboxylic acids is 2. The van der Waals surface area contributed by atoms with E-state index in [9.17, 15) is 19.8 Å². The van der Waals surface area contributed by atoms with Crippen molar-refractivity contribution in [3.63, 3.8) is 0 Å². The lowest BCUT2D eigenvalue weighted by Gasteiger charge is -2.22. The van der Waals surface area contributed by atoms with Crippen molar-refractivity contribution in [1.82, 2.24) is 0 Å². The number of aromatic hydroxyl groups is 2. The van der Waals surface area contributed by atoms with Gasteiger partial charge in [0.1, 0.15) is 18.2 Å². The zero-order valence-electron chi connectivity index (χ0n) is 14.8. The third-order valence-corrected chi connectivity index (χ3v) is 3.38. The van der Waals surface area contributed by atoms with Gasteiger partial charge in [-0.25, -0.2) is 4.79 Å². The van der Waals surface area contributed by atoms with Crippen LogP contribution in [0.3, 0.4) is 0 Å². The Morgan fingerprint density at radius 3 is 2.16 bits per heavy atom. The van der Waals surface area contributed by atoms with E-state index >= 15 is 0 Å². The van der Waals surface area contributed by atoms with Crippen molar-refractivity contribution >= 4 is 12.1 Å². The minimum Gasteiger partial charge on any atom is -0.504 e. The third kappa shape index (κ3) is 6.88. The topological polar surface area (TPSA) is 128 Å². The number of ether oxygens (including phenoxy) is 3. The lowest BCUT2D eigenvalue weighted by Crippen LogP contribution is -2.39. The van der Waals surface area contributed by atoms with E-state index in [4.69, 9.17) is 19.9 Å². The quantitative estimate of drug-likeness (QED) is 0.499. The maximum absolute atomic E-state index is 12.0. The molecule has 0 heterocycles. The van der Waals surface area contributed by atoms with Crippen molar-refractivity contribution in [3.8, 4) is 11.5 Å². The molecule has 0 saturated heterocycles. The molecule has 0 amide bonds. The van der Waals surface area contributed by atoms with E-state index in [1.54, 1.807) is 33.8 Å². The summed E-state index contributed by atoms with van der Waals surface area (Å²) in [4.78, 5) is 23.5. The molecule has 8 heteroatoms. The highest BCUT2D eigenvalue weighted by atomic mass is 16.7. The molecule has 1 rings (SSSR count). The first-order valence-corrected chi connectivity index (χ1v) is 7.94. The van der Waals surface area contributed by atoms with E-state index in [-0.39, 0.29) is 24.0 Å². The van der Waals surface area contributed by atoms with E-state index in [0.717, 1.165) is 0 Å². The van der Waals surface area contributed by atoms with Gasteiger partial charge in [-0.2, -0.15) is 0 Å². The summed E-state index contributed by atoms with van der Waals surface area (Å²) in [5.41, 5.74) is 6.37. The third-order valence-electron chi connectivity index (χ3n) is 3.38. The zero-order chi connectivity index (χ0) is 19.1. The van der Waals surface area contributed by atoms with Gasteiger partial charge in [0.15, 0.2) is 11.5 Å². The monoisotopic (exact) mass is 355 g/mol. The molecule has 1 aromatic rings. The number of rotatable bonds is 7. The summed E-state index contributed by atoms with van der Waals surface area (Å²) < 4.78 is 15.1. The fraction of sp³-hybridized carbons (Fsp3) is 0.529. The Kier molecular flexibility index (Phi) is 7.50. The van der Waals surface area contributed by atoms with Crippen molar-refractivity contribution < 1.29 is 34.0 Å². The zero-order valence-corrected chi connectivity index (χ0v) is 14.8. The number of esters is 1. The molecule has 8 nitrogen and oxygen atoms in total. The molecular formula is C17H25NO7. The van der Waals surface area contributed by atoms with Crippen LogP contribution in [0.1, 0.15) is 33.3 Å². The van der Waals surface area contributed by atoms with Crippen LogP contribution in [0.25, 0.3) is 0 Å². The van der Waals surface area contributed by atoms with E-state index in [1.165, 1.54) is 12.1 Å². The molecule has 3 atom stereocenters. The molecule has 0 bridgehead atoms. The van der Waals surface area contributed by atoms with Gasteiger partial charge in [0, 0.05) is 0 Å². The van der Waals surface area contributed by atoms with E-state index in [0.29, 0.717) is 5.56 Å². The number of benzene rings is 1. The molecule has 0 aliphatic rings. The maximum Gasteiger partial charge on any atom is 0.508 e. The van der Waals surface area contributed by atoms with Crippen LogP contribution >= 0.6 is 0 Å². The van der Waals surface area contributed by atoms with Crippen molar-refractivity contribution in [2.75, 3.05) is 0 Å². The molecular weight excluding hydrogens is 330 g/mol. The molecule has 0 saturated carbocycles. The Bertz CT molecular complexity index is 603. The lowest BCUT2D eigenvalue weighted by atomic mass is 10.1. The van der Waals surface area contributed by atoms with Gasteiger partial charge in [-0.15, -0.1) is 0 Å². The molecule has 0 spiro atoms. The Labute approximate surface area is 146 Å². The van der Waals surface area contributed by atoms with Crippen LogP contribution < -0.4 is 5.73 Å². The second-order valence-electron chi connectivity index (χ2n) is 6.02. The Morgan fingerprint density at radius 1 is 1.00 bits per heavy atom. The molecule has 140 valence electrons. The Morgan fingerprint density at radius 2 is 1.60 bits per heavy atom. The predicted octanol–water partition coefficient (Wildman–Crippen LogP) is 1.85. The van der Waals surface area contributed by atoms with Gasteiger partial charge in [0.2, 0.25) is 0 Å². The van der Waals surface area contributed by atoms with Gasteiger partial charge in [-0.3, -0.25) is 4.79 Å². The standard InChI is InChI=1S/C17H25NO7/c1-9(2)23-17(22)25-11(4)10(3)24-16(21)13(18)7-12-5-6-14(19)15(20)8-12/h5-6,8-11,13,19-20H,7,18H2,1-4H3/t10-,11?,13+/m1/s1. The van der Waals surface area contributed by atoms with E-state index in [2.05, 4.69) is 0 Å². The van der Waals surface area contributed by atoms with E-state index in [1.807, 2.05) is 0 Å². The summed E-state index contributed by atoms with van der Waals surface area (Å²) in [5.74, 6) is -1.22. The van der Waals surface area contributed by atoms with Gasteiger partial charge < -0.3 is 30.2 Å². The molecule has 0 radical (unpaired) electrons. The summed E-state index contributed by atoms with van der Waals surface area (Å²) in [7, 11) is 0. The summed E-state index contributed by atoms with van der Waals surface area (Å²) in [6.45, 7) is 6.53. The van der Waals surface area contributed by atoms with Gasteiger partial charge in [-0.1, -0.05) is 6.07 Å². The van der Waals surface area contributed by atoms with Crippen molar-refractivity contribution in [2.24, 2.45) is 5.73 Å². The summed E-state index contributed by atoms with van der Waals surface area (Å²) in [5, 5.41) is 18.7. The summed E-state index contributed by atoms with van der Waals surface area (Å²) >= 11 is 0. The number of phenols is 2. The lowest BCUT2D eigenvalue weighted by molar-refractivity contribution is -0.155. The first-order valence-electron chi connectivity index (χ1n) is 7.94. The SMILES string of the molecule is CC(C)OC(=O)OC(C)[C@@H](C)OC(=O)[C@@H](N)Cc1ccc(O)c(O)c1. The molecule has 0 fully saturated rings. The number of hydrogen-bond donors (Lipinski definition) is 3. The highest BCUT2D eigenvalue weighted by Crippen LogP contribution is 2.25. The Balaban J connectivity index is 2.52. The number of nitrogens with two attached hydrogens (primary N) is 1. The fourth-order valence-corrected chi connectivity index (χ4v) is 1.87. The highest BCUT2D eigenvalue weighted by Gasteiger charge is 2.25. The second-order valence-corrected chi connectivity index (χ2v) is 6.02. The van der Waals surface area contributed by atoms with Gasteiger partial charge >= 0.3 is 12.1 Å². The van der Waals surface area contributed by atoms with Crippen LogP contribution in [0.15, 0.2) is 18.2 Å². The van der Waals surface area contributed by atoms with Crippen LogP contribution in [0, 0.1) is 0 Å².